The third-order valence-corrected chi connectivity index (χ3v) is 5.44. The van der Waals surface area contributed by atoms with E-state index in [4.69, 9.17) is 10.5 Å². The number of piperidine rings is 1. The van der Waals surface area contributed by atoms with Crippen molar-refractivity contribution in [3.8, 4) is 5.75 Å². The summed E-state index contributed by atoms with van der Waals surface area (Å²) in [7, 11) is 1.61. The maximum atomic E-state index is 12.6. The molecule has 1 saturated heterocycles. The van der Waals surface area contributed by atoms with Gasteiger partial charge in [0.1, 0.15) is 5.75 Å². The number of nitrogens with zero attached hydrogens (tertiary/aromatic N) is 1. The highest BCUT2D eigenvalue weighted by Crippen LogP contribution is 2.29. The van der Waals surface area contributed by atoms with E-state index in [1.165, 1.54) is 0 Å². The Morgan fingerprint density at radius 2 is 1.75 bits per heavy atom. The van der Waals surface area contributed by atoms with Gasteiger partial charge in [0.2, 0.25) is 5.91 Å². The molecular formula is C19H26N2O3. The maximum absolute atomic E-state index is 12.6. The van der Waals surface area contributed by atoms with Gasteiger partial charge in [0.05, 0.1) is 13.0 Å². The summed E-state index contributed by atoms with van der Waals surface area (Å²) in [4.78, 5) is 27.1. The first-order valence-corrected chi connectivity index (χ1v) is 8.83. The maximum Gasteiger partial charge on any atom is 0.227 e. The van der Waals surface area contributed by atoms with Gasteiger partial charge < -0.3 is 15.4 Å². The molecule has 0 spiro atoms. The number of hydrogen-bond donors (Lipinski definition) is 1. The smallest absolute Gasteiger partial charge is 0.227 e. The van der Waals surface area contributed by atoms with Crippen molar-refractivity contribution in [1.82, 2.24) is 4.90 Å². The number of hydrogen-bond acceptors (Lipinski definition) is 4. The molecule has 5 heteroatoms. The van der Waals surface area contributed by atoms with E-state index >= 15 is 0 Å². The Kier molecular flexibility index (Phi) is 5.19. The molecule has 130 valence electrons. The lowest BCUT2D eigenvalue weighted by Crippen LogP contribution is -2.46. The number of amides is 1. The van der Waals surface area contributed by atoms with Gasteiger partial charge in [-0.15, -0.1) is 0 Å². The van der Waals surface area contributed by atoms with E-state index in [0.717, 1.165) is 43.4 Å². The first-order valence-electron chi connectivity index (χ1n) is 8.83. The molecule has 0 bridgehead atoms. The fourth-order valence-corrected chi connectivity index (χ4v) is 3.88. The molecule has 2 N–H and O–H groups in total. The molecule has 0 aromatic heterocycles. The highest BCUT2D eigenvalue weighted by atomic mass is 16.5. The van der Waals surface area contributed by atoms with Gasteiger partial charge in [-0.25, -0.2) is 0 Å². The zero-order valence-corrected chi connectivity index (χ0v) is 14.2. The lowest BCUT2D eigenvalue weighted by Gasteiger charge is -2.33. The minimum Gasteiger partial charge on any atom is -0.497 e. The second-order valence-electron chi connectivity index (χ2n) is 6.89. The second kappa shape index (κ2) is 7.34. The lowest BCUT2D eigenvalue weighted by molar-refractivity contribution is -0.137. The van der Waals surface area contributed by atoms with E-state index in [9.17, 15) is 9.59 Å². The normalized spacial score (nSPS) is 24.8. The van der Waals surface area contributed by atoms with Gasteiger partial charge in [-0.05, 0) is 49.9 Å². The fourth-order valence-electron chi connectivity index (χ4n) is 3.88. The van der Waals surface area contributed by atoms with E-state index < -0.39 is 0 Å². The van der Waals surface area contributed by atoms with Crippen LogP contribution in [0.3, 0.4) is 0 Å². The van der Waals surface area contributed by atoms with Crippen LogP contribution in [0, 0.1) is 11.8 Å². The molecule has 0 unspecified atom stereocenters. The average molecular weight is 330 g/mol. The summed E-state index contributed by atoms with van der Waals surface area (Å²) in [6.45, 7) is 1.32. The van der Waals surface area contributed by atoms with Crippen molar-refractivity contribution in [2.75, 3.05) is 20.2 Å². The Morgan fingerprint density at radius 1 is 1.08 bits per heavy atom. The molecule has 1 aromatic rings. The molecule has 2 aliphatic rings. The molecule has 1 aliphatic carbocycles. The summed E-state index contributed by atoms with van der Waals surface area (Å²) in [5, 5.41) is 0. The number of ketones is 1. The van der Waals surface area contributed by atoms with Crippen molar-refractivity contribution in [2.45, 2.75) is 38.1 Å². The monoisotopic (exact) mass is 330 g/mol. The summed E-state index contributed by atoms with van der Waals surface area (Å²) in [6, 6.07) is 7.27. The number of ether oxygens (including phenoxy) is 1. The van der Waals surface area contributed by atoms with Crippen LogP contribution in [0.15, 0.2) is 24.3 Å². The zero-order valence-electron chi connectivity index (χ0n) is 14.2. The lowest BCUT2D eigenvalue weighted by atomic mass is 9.88. The molecule has 2 fully saturated rings. The number of nitrogens with two attached hydrogens (primary N) is 1. The zero-order chi connectivity index (χ0) is 17.1. The summed E-state index contributed by atoms with van der Waals surface area (Å²) in [6.07, 6.45) is 4.37. The fraction of sp³-hybridized carbons (Fsp3) is 0.579. The van der Waals surface area contributed by atoms with Gasteiger partial charge in [0.25, 0.3) is 0 Å². The number of likely N-dealkylation sites (tertiary alicyclic amines) is 1. The molecule has 5 nitrogen and oxygen atoms in total. The number of methoxy groups -OCH3 is 1. The largest absolute Gasteiger partial charge is 0.497 e. The van der Waals surface area contributed by atoms with E-state index in [1.807, 2.05) is 29.2 Å². The van der Waals surface area contributed by atoms with Crippen LogP contribution in [0.5, 0.6) is 5.75 Å². The van der Waals surface area contributed by atoms with Crippen LogP contribution < -0.4 is 10.5 Å². The Bertz CT molecular complexity index is 591. The Hall–Kier alpha value is -1.88. The first kappa shape index (κ1) is 17.0. The van der Waals surface area contributed by atoms with Crippen LogP contribution in [0.4, 0.5) is 0 Å². The third-order valence-electron chi connectivity index (χ3n) is 5.44. The molecule has 0 radical (unpaired) electrons. The van der Waals surface area contributed by atoms with Gasteiger partial charge in [-0.1, -0.05) is 6.42 Å². The summed E-state index contributed by atoms with van der Waals surface area (Å²) in [5.74, 6) is 1.09. The van der Waals surface area contributed by atoms with Crippen LogP contribution in [-0.4, -0.2) is 42.8 Å². The van der Waals surface area contributed by atoms with Gasteiger partial charge in [-0.2, -0.15) is 0 Å². The Balaban J connectivity index is 1.56. The molecule has 1 saturated carbocycles. The van der Waals surface area contributed by atoms with Crippen molar-refractivity contribution >= 4 is 11.7 Å². The highest BCUT2D eigenvalue weighted by Gasteiger charge is 2.35. The van der Waals surface area contributed by atoms with Crippen molar-refractivity contribution in [3.05, 3.63) is 29.8 Å². The van der Waals surface area contributed by atoms with Gasteiger partial charge in [-0.3, -0.25) is 9.59 Å². The van der Waals surface area contributed by atoms with Gasteiger partial charge in [0, 0.05) is 30.6 Å². The molecule has 1 heterocycles. The van der Waals surface area contributed by atoms with Crippen molar-refractivity contribution < 1.29 is 14.3 Å². The first-order chi connectivity index (χ1) is 11.6. The van der Waals surface area contributed by atoms with E-state index in [-0.39, 0.29) is 29.6 Å². The minimum absolute atomic E-state index is 0.000281. The van der Waals surface area contributed by atoms with Gasteiger partial charge in [0.15, 0.2) is 5.78 Å². The van der Waals surface area contributed by atoms with Crippen LogP contribution in [0.2, 0.25) is 0 Å². The summed E-state index contributed by atoms with van der Waals surface area (Å²) in [5.41, 5.74) is 6.77. The average Bonchev–Trinajstić information content (AvgIpc) is 3.06. The molecule has 1 amide bonds. The number of carbonyl (C=O) groups is 2. The third kappa shape index (κ3) is 3.46. The predicted molar refractivity (Wildman–Crippen MR) is 91.9 cm³/mol. The topological polar surface area (TPSA) is 72.6 Å². The van der Waals surface area contributed by atoms with Crippen LogP contribution >= 0.6 is 0 Å². The van der Waals surface area contributed by atoms with Gasteiger partial charge >= 0.3 is 0 Å². The van der Waals surface area contributed by atoms with Crippen LogP contribution in [-0.2, 0) is 4.79 Å². The second-order valence-corrected chi connectivity index (χ2v) is 6.89. The van der Waals surface area contributed by atoms with E-state index in [1.54, 1.807) is 7.11 Å². The number of Topliss-reactive ketones (excluding diaryl/α,β-unsaturated/α-hetero) is 1. The summed E-state index contributed by atoms with van der Waals surface area (Å²) >= 11 is 0. The number of carbonyl (C=O) groups excluding carboxylic acids is 2. The Labute approximate surface area is 143 Å². The quantitative estimate of drug-likeness (QED) is 0.860. The van der Waals surface area contributed by atoms with E-state index in [0.29, 0.717) is 13.1 Å². The predicted octanol–water partition coefficient (Wildman–Crippen LogP) is 2.24. The van der Waals surface area contributed by atoms with Crippen molar-refractivity contribution in [2.24, 2.45) is 17.6 Å². The number of rotatable bonds is 4. The standard InChI is InChI=1S/C19H26N2O3/c1-24-15-7-5-13(6-8-15)18(22)14-9-11-21(12-10-14)19(23)16-3-2-4-17(16)20/h5-8,14,16-17H,2-4,9-12,20H2,1H3/t16-,17-/m0/s1. The minimum atomic E-state index is -0.0150. The van der Waals surface area contributed by atoms with Crippen molar-refractivity contribution in [3.63, 3.8) is 0 Å². The molecule has 2 atom stereocenters. The number of benzene rings is 1. The molecule has 1 aromatic carbocycles. The SMILES string of the molecule is COc1ccc(C(=O)C2CCN(C(=O)[C@H]3CCC[C@@H]3N)CC2)cc1. The van der Waals surface area contributed by atoms with E-state index in [2.05, 4.69) is 0 Å². The molecular weight excluding hydrogens is 304 g/mol. The van der Waals surface area contributed by atoms with Crippen molar-refractivity contribution in [1.29, 1.82) is 0 Å². The summed E-state index contributed by atoms with van der Waals surface area (Å²) < 4.78 is 5.13. The highest BCUT2D eigenvalue weighted by molar-refractivity contribution is 5.98. The molecule has 1 aliphatic heterocycles. The molecule has 24 heavy (non-hydrogen) atoms. The molecule has 3 rings (SSSR count). The van der Waals surface area contributed by atoms with Crippen LogP contribution in [0.25, 0.3) is 0 Å². The Morgan fingerprint density at radius 3 is 2.29 bits per heavy atom. The van der Waals surface area contributed by atoms with Crippen LogP contribution in [0.1, 0.15) is 42.5 Å².